The molecule has 5 aliphatic heterocycles. The molecule has 1 aromatic carbocycles. The molecule has 2 unspecified atom stereocenters. The molecular weight excluding hydrogens is 723 g/mol. The van der Waals surface area contributed by atoms with E-state index in [1.165, 1.54) is 23.8 Å². The van der Waals surface area contributed by atoms with E-state index in [2.05, 4.69) is 38.1 Å². The van der Waals surface area contributed by atoms with Gasteiger partial charge in [0.1, 0.15) is 5.00 Å². The van der Waals surface area contributed by atoms with Crippen LogP contribution < -0.4 is 11.1 Å². The maximum atomic E-state index is 14.2. The van der Waals surface area contributed by atoms with Crippen LogP contribution in [0.4, 0.5) is 28.7 Å². The predicted molar refractivity (Wildman–Crippen MR) is 185 cm³/mol. The average molecular weight is 767 g/mol. The van der Waals surface area contributed by atoms with E-state index in [4.69, 9.17) is 5.73 Å². The molecule has 10 nitrogen and oxygen atoms in total. The number of nitrogens with zero attached hydrogens (tertiary/aromatic N) is 5. The molecule has 4 amide bonds. The van der Waals surface area contributed by atoms with Crippen LogP contribution in [0.1, 0.15) is 55.2 Å². The van der Waals surface area contributed by atoms with Crippen LogP contribution >= 0.6 is 27.3 Å². The van der Waals surface area contributed by atoms with Gasteiger partial charge in [0, 0.05) is 79.9 Å². The number of piperidine rings is 2. The van der Waals surface area contributed by atoms with Gasteiger partial charge in [0.05, 0.1) is 23.7 Å². The van der Waals surface area contributed by atoms with Crippen LogP contribution in [-0.4, -0.2) is 113 Å². The van der Waals surface area contributed by atoms with E-state index in [0.29, 0.717) is 69.3 Å². The number of nitrogens with one attached hydrogen (secondary N) is 1. The number of nitrogens with two attached hydrogens (primary N) is 1. The van der Waals surface area contributed by atoms with Crippen molar-refractivity contribution in [2.75, 3.05) is 57.4 Å². The van der Waals surface area contributed by atoms with Gasteiger partial charge in [0.15, 0.2) is 0 Å². The maximum Gasteiger partial charge on any atom is 0.418 e. The van der Waals surface area contributed by atoms with E-state index < -0.39 is 23.3 Å². The van der Waals surface area contributed by atoms with E-state index in [-0.39, 0.29) is 41.2 Å². The zero-order chi connectivity index (χ0) is 34.6. The third-order valence-electron chi connectivity index (χ3n) is 11.4. The first kappa shape index (κ1) is 34.6. The smallest absolute Gasteiger partial charge is 0.397 e. The molecule has 4 saturated heterocycles. The molecule has 266 valence electrons. The fourth-order valence-electron chi connectivity index (χ4n) is 8.63. The SMILES string of the molecule is CN1CC2CC1CN2C1CCN(C(=O)[C@H](CC(=O)N2CCC(N3Cc4ccsc4NC3=O)CC2)Cc2cc(Br)c(N)c(C(F)(F)F)c2)CC1. The van der Waals surface area contributed by atoms with Gasteiger partial charge in [-0.15, -0.1) is 11.3 Å². The third-order valence-corrected chi connectivity index (χ3v) is 12.9. The minimum atomic E-state index is -4.66. The topological polar surface area (TPSA) is 105 Å². The lowest BCUT2D eigenvalue weighted by Gasteiger charge is -2.42. The van der Waals surface area contributed by atoms with Gasteiger partial charge in [0.25, 0.3) is 0 Å². The number of hydrogen-bond acceptors (Lipinski definition) is 7. The quantitative estimate of drug-likeness (QED) is 0.382. The molecule has 0 saturated carbocycles. The highest BCUT2D eigenvalue weighted by Gasteiger charge is 2.45. The molecule has 5 aliphatic rings. The highest BCUT2D eigenvalue weighted by molar-refractivity contribution is 9.10. The summed E-state index contributed by atoms with van der Waals surface area (Å²) in [5, 5.41) is 5.79. The minimum Gasteiger partial charge on any atom is -0.397 e. The van der Waals surface area contributed by atoms with Gasteiger partial charge in [-0.05, 0) is 90.6 Å². The fraction of sp³-hybridized carbons (Fsp3) is 0.618. The number of nitrogen functional groups attached to an aromatic ring is 1. The van der Waals surface area contributed by atoms with Crippen LogP contribution in [0.15, 0.2) is 28.1 Å². The molecule has 1 aromatic heterocycles. The number of fused-ring (bicyclic) bond motifs is 3. The Morgan fingerprint density at radius 1 is 1.02 bits per heavy atom. The predicted octanol–water partition coefficient (Wildman–Crippen LogP) is 5.08. The minimum absolute atomic E-state index is 0.0118. The highest BCUT2D eigenvalue weighted by Crippen LogP contribution is 2.39. The zero-order valence-corrected chi connectivity index (χ0v) is 30.0. The van der Waals surface area contributed by atoms with Crippen molar-refractivity contribution in [1.29, 1.82) is 0 Å². The highest BCUT2D eigenvalue weighted by atomic mass is 79.9. The summed E-state index contributed by atoms with van der Waals surface area (Å²) in [6.07, 6.45) is -0.680. The first-order valence-electron chi connectivity index (χ1n) is 17.2. The molecule has 6 heterocycles. The molecule has 0 spiro atoms. The zero-order valence-electron chi connectivity index (χ0n) is 27.6. The van der Waals surface area contributed by atoms with Crippen molar-refractivity contribution >= 4 is 55.8 Å². The van der Waals surface area contributed by atoms with Crippen molar-refractivity contribution in [3.05, 3.63) is 44.7 Å². The summed E-state index contributed by atoms with van der Waals surface area (Å²) in [6, 6.07) is 5.94. The molecule has 15 heteroatoms. The molecule has 2 bridgehead atoms. The lowest BCUT2D eigenvalue weighted by molar-refractivity contribution is -0.143. The second-order valence-electron chi connectivity index (χ2n) is 14.3. The van der Waals surface area contributed by atoms with Crippen molar-refractivity contribution in [3.63, 3.8) is 0 Å². The molecule has 7 rings (SSSR count). The second kappa shape index (κ2) is 13.7. The van der Waals surface area contributed by atoms with E-state index >= 15 is 0 Å². The summed E-state index contributed by atoms with van der Waals surface area (Å²) in [7, 11) is 2.18. The normalized spacial score (nSPS) is 24.8. The number of hydrogen-bond donors (Lipinski definition) is 2. The van der Waals surface area contributed by atoms with Crippen LogP contribution in [0, 0.1) is 5.92 Å². The van der Waals surface area contributed by atoms with Gasteiger partial charge in [-0.2, -0.15) is 13.2 Å². The number of urea groups is 1. The first-order chi connectivity index (χ1) is 23.4. The molecule has 4 fully saturated rings. The van der Waals surface area contributed by atoms with Crippen LogP contribution in [0.2, 0.25) is 0 Å². The number of rotatable bonds is 7. The van der Waals surface area contributed by atoms with Crippen LogP contribution in [0.3, 0.4) is 0 Å². The van der Waals surface area contributed by atoms with Crippen molar-refractivity contribution in [2.24, 2.45) is 5.92 Å². The number of piperazine rings is 1. The molecular formula is C34H43BrF3N7O3S. The Morgan fingerprint density at radius 3 is 2.37 bits per heavy atom. The van der Waals surface area contributed by atoms with E-state index in [1.807, 2.05) is 21.2 Å². The summed E-state index contributed by atoms with van der Waals surface area (Å²) in [5.41, 5.74) is 5.79. The van der Waals surface area contributed by atoms with E-state index in [1.54, 1.807) is 4.90 Å². The Bertz CT molecular complexity index is 1590. The Hall–Kier alpha value is -2.88. The summed E-state index contributed by atoms with van der Waals surface area (Å²) in [5.74, 6) is -1.21. The number of carbonyl (C=O) groups is 3. The summed E-state index contributed by atoms with van der Waals surface area (Å²) in [6.45, 7) is 4.66. The largest absolute Gasteiger partial charge is 0.418 e. The lowest BCUT2D eigenvalue weighted by atomic mass is 9.91. The number of likely N-dealkylation sites (tertiary alicyclic amines) is 4. The van der Waals surface area contributed by atoms with Gasteiger partial charge in [-0.25, -0.2) is 4.79 Å². The standard InChI is InChI=1S/C34H43BrF3N7O3S/c1-41-18-26-16-25(41)19-44(26)23-4-9-43(10-5-23)32(47)22(12-20-13-27(34(36,37)38)30(39)28(35)14-20)15-29(46)42-7-2-24(3-8-42)45-17-21-6-11-49-31(21)40-33(45)48/h6,11,13-14,22-26H,2-5,7-10,12,15-19,39H2,1H3,(H,40,48)/t22-,25?,26?/m0/s1. The van der Waals surface area contributed by atoms with Gasteiger partial charge >= 0.3 is 12.2 Å². The third kappa shape index (κ3) is 7.05. The number of likely N-dealkylation sites (N-methyl/N-ethyl adjacent to an activating group) is 1. The monoisotopic (exact) mass is 765 g/mol. The van der Waals surface area contributed by atoms with Crippen LogP contribution in [-0.2, 0) is 28.7 Å². The van der Waals surface area contributed by atoms with Gasteiger partial charge in [-0.3, -0.25) is 19.8 Å². The Balaban J connectivity index is 1.02. The van der Waals surface area contributed by atoms with Crippen molar-refractivity contribution < 1.29 is 27.6 Å². The van der Waals surface area contributed by atoms with Crippen molar-refractivity contribution in [2.45, 2.75) is 81.8 Å². The molecule has 49 heavy (non-hydrogen) atoms. The second-order valence-corrected chi connectivity index (χ2v) is 16.1. The summed E-state index contributed by atoms with van der Waals surface area (Å²) >= 11 is 4.68. The molecule has 0 aliphatic carbocycles. The number of amides is 4. The number of alkyl halides is 3. The average Bonchev–Trinajstić information content (AvgIpc) is 3.80. The number of carbonyl (C=O) groups excluding carboxylic acids is 3. The van der Waals surface area contributed by atoms with Gasteiger partial charge in [-0.1, -0.05) is 0 Å². The van der Waals surface area contributed by atoms with Crippen LogP contribution in [0.5, 0.6) is 0 Å². The molecule has 0 radical (unpaired) electrons. The molecule has 2 aromatic rings. The Labute approximate surface area is 296 Å². The number of halogens is 4. The van der Waals surface area contributed by atoms with Crippen molar-refractivity contribution in [3.8, 4) is 0 Å². The summed E-state index contributed by atoms with van der Waals surface area (Å²) in [4.78, 5) is 51.1. The Morgan fingerprint density at radius 2 is 1.71 bits per heavy atom. The van der Waals surface area contributed by atoms with Crippen LogP contribution in [0.25, 0.3) is 0 Å². The van der Waals surface area contributed by atoms with E-state index in [0.717, 1.165) is 42.6 Å². The lowest BCUT2D eigenvalue weighted by Crippen LogP contribution is -2.54. The fourth-order valence-corrected chi connectivity index (χ4v) is 9.94. The first-order valence-corrected chi connectivity index (χ1v) is 18.8. The summed E-state index contributed by atoms with van der Waals surface area (Å²) < 4.78 is 41.7. The molecule has 3 N–H and O–H groups in total. The molecule has 3 atom stereocenters. The Kier molecular flexibility index (Phi) is 9.65. The van der Waals surface area contributed by atoms with E-state index in [9.17, 15) is 27.6 Å². The van der Waals surface area contributed by atoms with Gasteiger partial charge in [0.2, 0.25) is 11.8 Å². The number of anilines is 2. The number of benzene rings is 1. The van der Waals surface area contributed by atoms with Gasteiger partial charge < -0.3 is 25.3 Å². The number of thiophene rings is 1. The maximum absolute atomic E-state index is 14.2. The van der Waals surface area contributed by atoms with Crippen molar-refractivity contribution in [1.82, 2.24) is 24.5 Å².